The van der Waals surface area contributed by atoms with Gasteiger partial charge in [-0.25, -0.2) is 4.79 Å². The highest BCUT2D eigenvalue weighted by molar-refractivity contribution is 5.85. The standard InChI is InChI=1S/C14H13NO2/c1-17-14(16)15-13-9-7-12(8-10-13)11-5-3-2-4-6-11/h2-10H,1H3,(H,15,16)/i1-1. The Hall–Kier alpha value is -2.29. The lowest BCUT2D eigenvalue weighted by Gasteiger charge is -2.05. The maximum atomic E-state index is 11.0. The van der Waals surface area contributed by atoms with Gasteiger partial charge < -0.3 is 4.74 Å². The van der Waals surface area contributed by atoms with Crippen LogP contribution in [0.4, 0.5) is 10.5 Å². The van der Waals surface area contributed by atoms with E-state index in [0.717, 1.165) is 16.8 Å². The molecule has 0 atom stereocenters. The van der Waals surface area contributed by atoms with Gasteiger partial charge in [-0.1, -0.05) is 42.5 Å². The van der Waals surface area contributed by atoms with Gasteiger partial charge in [0.2, 0.25) is 0 Å². The van der Waals surface area contributed by atoms with Gasteiger partial charge in [-0.15, -0.1) is 0 Å². The maximum absolute atomic E-state index is 11.0. The van der Waals surface area contributed by atoms with E-state index in [-0.39, 0.29) is 0 Å². The number of carbonyl (C=O) groups is 1. The van der Waals surface area contributed by atoms with Crippen molar-refractivity contribution in [2.45, 2.75) is 0 Å². The van der Waals surface area contributed by atoms with Gasteiger partial charge in [-0.3, -0.25) is 5.32 Å². The quantitative estimate of drug-likeness (QED) is 0.850. The second-order valence-corrected chi connectivity index (χ2v) is 3.56. The molecular formula is C14H13NO2. The molecule has 0 aliphatic heterocycles. The first-order valence-electron chi connectivity index (χ1n) is 5.30. The fourth-order valence-corrected chi connectivity index (χ4v) is 1.55. The fraction of sp³-hybridized carbons (Fsp3) is 0.0714. The van der Waals surface area contributed by atoms with Crippen molar-refractivity contribution in [1.82, 2.24) is 0 Å². The SMILES string of the molecule is [11CH3]OC(=O)Nc1ccc(-c2ccccc2)cc1. The number of rotatable bonds is 2. The van der Waals surface area contributed by atoms with Crippen LogP contribution < -0.4 is 5.32 Å². The van der Waals surface area contributed by atoms with Gasteiger partial charge in [0.05, 0.1) is 7.11 Å². The van der Waals surface area contributed by atoms with Crippen LogP contribution in [0, 0.1) is 0 Å². The van der Waals surface area contributed by atoms with Crippen LogP contribution in [-0.2, 0) is 4.74 Å². The molecule has 2 aromatic carbocycles. The molecule has 3 heteroatoms. The highest BCUT2D eigenvalue weighted by atomic mass is 16.5. The van der Waals surface area contributed by atoms with Crippen LogP contribution in [0.2, 0.25) is 0 Å². The monoisotopic (exact) mass is 226 g/mol. The second-order valence-electron chi connectivity index (χ2n) is 3.56. The summed E-state index contributed by atoms with van der Waals surface area (Å²) in [6.45, 7) is 0. The van der Waals surface area contributed by atoms with E-state index in [2.05, 4.69) is 10.1 Å². The molecular weight excluding hydrogens is 213 g/mol. The minimum absolute atomic E-state index is 0.461. The number of nitrogens with one attached hydrogen (secondary N) is 1. The van der Waals surface area contributed by atoms with Crippen LogP contribution in [0.15, 0.2) is 54.6 Å². The fourth-order valence-electron chi connectivity index (χ4n) is 1.55. The first-order chi connectivity index (χ1) is 8.29. The third kappa shape index (κ3) is 2.84. The number of hydrogen-bond donors (Lipinski definition) is 1. The van der Waals surface area contributed by atoms with Gasteiger partial charge >= 0.3 is 6.09 Å². The van der Waals surface area contributed by atoms with E-state index in [1.165, 1.54) is 7.11 Å². The summed E-state index contributed by atoms with van der Waals surface area (Å²) in [5, 5.41) is 2.61. The number of benzene rings is 2. The Morgan fingerprint density at radius 1 is 0.941 bits per heavy atom. The van der Waals surface area contributed by atoms with Crippen LogP contribution in [0.1, 0.15) is 0 Å². The molecule has 0 fully saturated rings. The number of hydrogen-bond acceptors (Lipinski definition) is 2. The molecule has 1 N–H and O–H groups in total. The zero-order valence-electron chi connectivity index (χ0n) is 9.51. The first-order valence-corrected chi connectivity index (χ1v) is 5.30. The van der Waals surface area contributed by atoms with Gasteiger partial charge in [0, 0.05) is 5.69 Å². The molecule has 0 heterocycles. The number of amides is 1. The van der Waals surface area contributed by atoms with E-state index >= 15 is 0 Å². The van der Waals surface area contributed by atoms with Crippen molar-refractivity contribution in [3.63, 3.8) is 0 Å². The van der Waals surface area contributed by atoms with Crippen molar-refractivity contribution in [2.75, 3.05) is 12.4 Å². The summed E-state index contributed by atoms with van der Waals surface area (Å²) in [6.07, 6.45) is -0.461. The summed E-state index contributed by atoms with van der Waals surface area (Å²) in [5.41, 5.74) is 2.98. The van der Waals surface area contributed by atoms with E-state index in [1.807, 2.05) is 54.6 Å². The summed E-state index contributed by atoms with van der Waals surface area (Å²) < 4.78 is 4.52. The Balaban J connectivity index is 2.16. The Morgan fingerprint density at radius 2 is 1.53 bits per heavy atom. The molecule has 0 saturated heterocycles. The highest BCUT2D eigenvalue weighted by Crippen LogP contribution is 2.20. The van der Waals surface area contributed by atoms with Gasteiger partial charge in [-0.05, 0) is 23.3 Å². The van der Waals surface area contributed by atoms with E-state index < -0.39 is 6.09 Å². The van der Waals surface area contributed by atoms with Crippen molar-refractivity contribution in [1.29, 1.82) is 0 Å². The van der Waals surface area contributed by atoms with Crippen molar-refractivity contribution < 1.29 is 9.53 Å². The van der Waals surface area contributed by atoms with Gasteiger partial charge in [0.25, 0.3) is 0 Å². The summed E-state index contributed by atoms with van der Waals surface area (Å²) in [4.78, 5) is 11.0. The van der Waals surface area contributed by atoms with Crippen molar-refractivity contribution in [3.05, 3.63) is 54.6 Å². The summed E-state index contributed by atoms with van der Waals surface area (Å²) in [6, 6.07) is 17.7. The zero-order chi connectivity index (χ0) is 12.1. The third-order valence-electron chi connectivity index (χ3n) is 2.42. The molecule has 0 unspecified atom stereocenters. The molecule has 86 valence electrons. The lowest BCUT2D eigenvalue weighted by atomic mass is 10.1. The zero-order valence-corrected chi connectivity index (χ0v) is 9.51. The predicted molar refractivity (Wildman–Crippen MR) is 67.9 cm³/mol. The molecule has 2 aromatic rings. The number of methoxy groups -OCH3 is 1. The average molecular weight is 226 g/mol. The smallest absolute Gasteiger partial charge is 0.411 e. The van der Waals surface area contributed by atoms with Crippen LogP contribution >= 0.6 is 0 Å². The Labute approximate surface area is 100 Å². The number of carbonyl (C=O) groups excluding carboxylic acids is 1. The maximum Gasteiger partial charge on any atom is 0.411 e. The predicted octanol–water partition coefficient (Wildman–Crippen LogP) is 3.53. The Kier molecular flexibility index (Phi) is 3.40. The van der Waals surface area contributed by atoms with Crippen LogP contribution in [0.5, 0.6) is 0 Å². The highest BCUT2D eigenvalue weighted by Gasteiger charge is 2.01. The third-order valence-corrected chi connectivity index (χ3v) is 2.42. The van der Waals surface area contributed by atoms with E-state index in [9.17, 15) is 4.79 Å². The van der Waals surface area contributed by atoms with Crippen LogP contribution in [0.3, 0.4) is 0 Å². The van der Waals surface area contributed by atoms with Gasteiger partial charge in [0.15, 0.2) is 0 Å². The molecule has 0 radical (unpaired) electrons. The molecule has 0 aliphatic rings. The summed E-state index contributed by atoms with van der Waals surface area (Å²) >= 11 is 0. The molecule has 3 nitrogen and oxygen atoms in total. The lowest BCUT2D eigenvalue weighted by Crippen LogP contribution is -2.10. The molecule has 0 spiro atoms. The van der Waals surface area contributed by atoms with Crippen molar-refractivity contribution in [2.24, 2.45) is 0 Å². The molecule has 0 aromatic heterocycles. The molecule has 1 amide bonds. The Bertz CT molecular complexity index is 491. The van der Waals surface area contributed by atoms with Crippen molar-refractivity contribution in [3.8, 4) is 11.1 Å². The minimum Gasteiger partial charge on any atom is -0.453 e. The Morgan fingerprint density at radius 3 is 2.12 bits per heavy atom. The first kappa shape index (κ1) is 11.2. The molecule has 0 aliphatic carbocycles. The molecule has 17 heavy (non-hydrogen) atoms. The topological polar surface area (TPSA) is 38.3 Å². The van der Waals surface area contributed by atoms with Crippen LogP contribution in [0.25, 0.3) is 11.1 Å². The second kappa shape index (κ2) is 5.16. The summed E-state index contributed by atoms with van der Waals surface area (Å²) in [5.74, 6) is 0. The van der Waals surface area contributed by atoms with E-state index in [1.54, 1.807) is 0 Å². The molecule has 2 rings (SSSR count). The largest absolute Gasteiger partial charge is 0.453 e. The average Bonchev–Trinajstić information content (AvgIpc) is 2.40. The normalized spacial score (nSPS) is 9.71. The lowest BCUT2D eigenvalue weighted by molar-refractivity contribution is 0.187. The number of anilines is 1. The van der Waals surface area contributed by atoms with Gasteiger partial charge in [-0.2, -0.15) is 0 Å². The molecule has 0 bridgehead atoms. The van der Waals surface area contributed by atoms with Crippen LogP contribution in [-0.4, -0.2) is 13.2 Å². The summed E-state index contributed by atoms with van der Waals surface area (Å²) in [7, 11) is 1.34. The number of ether oxygens (including phenoxy) is 1. The minimum atomic E-state index is -0.461. The van der Waals surface area contributed by atoms with Crippen molar-refractivity contribution >= 4 is 11.8 Å². The van der Waals surface area contributed by atoms with E-state index in [0.29, 0.717) is 0 Å². The van der Waals surface area contributed by atoms with Gasteiger partial charge in [0.1, 0.15) is 0 Å². The molecule has 0 saturated carbocycles. The van der Waals surface area contributed by atoms with E-state index in [4.69, 9.17) is 0 Å².